The molecule has 1 saturated heterocycles. The lowest BCUT2D eigenvalue weighted by Crippen LogP contribution is -2.43. The summed E-state index contributed by atoms with van der Waals surface area (Å²) < 4.78 is 13.5. The molecule has 0 radical (unpaired) electrons. The van der Waals surface area contributed by atoms with Gasteiger partial charge in [-0.1, -0.05) is 0 Å². The Bertz CT molecular complexity index is 530. The van der Waals surface area contributed by atoms with Crippen LogP contribution in [-0.2, 0) is 9.59 Å². The standard InChI is InChI=1S/C11H8FNO4S/c12-8-3-6(1-2-7(8)11(16)17)13-9(14)4-18-5-10(13)15/h1-3H,4-5H2,(H,16,17). The molecule has 0 bridgehead atoms. The highest BCUT2D eigenvalue weighted by molar-refractivity contribution is 8.00. The summed E-state index contributed by atoms with van der Waals surface area (Å²) in [6.45, 7) is 0. The molecule has 1 aromatic carbocycles. The fourth-order valence-corrected chi connectivity index (χ4v) is 2.31. The second-order valence-corrected chi connectivity index (χ2v) is 4.57. The van der Waals surface area contributed by atoms with Crippen LogP contribution in [0.2, 0.25) is 0 Å². The molecule has 1 aromatic rings. The van der Waals surface area contributed by atoms with Crippen LogP contribution in [-0.4, -0.2) is 34.4 Å². The molecule has 0 aliphatic carbocycles. The predicted octanol–water partition coefficient (Wildman–Crippen LogP) is 1.13. The lowest BCUT2D eigenvalue weighted by Gasteiger charge is -2.24. The Morgan fingerprint density at radius 3 is 2.39 bits per heavy atom. The Labute approximate surface area is 106 Å². The minimum atomic E-state index is -1.40. The molecule has 5 nitrogen and oxygen atoms in total. The van der Waals surface area contributed by atoms with Crippen molar-refractivity contribution in [3.8, 4) is 0 Å². The number of hydrogen-bond acceptors (Lipinski definition) is 4. The monoisotopic (exact) mass is 269 g/mol. The zero-order valence-corrected chi connectivity index (χ0v) is 9.87. The number of rotatable bonds is 2. The van der Waals surface area contributed by atoms with Gasteiger partial charge < -0.3 is 5.11 Å². The van der Waals surface area contributed by atoms with E-state index in [1.807, 2.05) is 0 Å². The van der Waals surface area contributed by atoms with Crippen molar-refractivity contribution in [2.24, 2.45) is 0 Å². The molecular weight excluding hydrogens is 261 g/mol. The van der Waals surface area contributed by atoms with Gasteiger partial charge in [0.15, 0.2) is 0 Å². The summed E-state index contributed by atoms with van der Waals surface area (Å²) in [6.07, 6.45) is 0. The fraction of sp³-hybridized carbons (Fsp3) is 0.182. The largest absolute Gasteiger partial charge is 0.478 e. The summed E-state index contributed by atoms with van der Waals surface area (Å²) >= 11 is 1.19. The minimum absolute atomic E-state index is 0.0628. The maximum absolute atomic E-state index is 13.5. The van der Waals surface area contributed by atoms with Crippen molar-refractivity contribution in [1.29, 1.82) is 0 Å². The van der Waals surface area contributed by atoms with Crippen LogP contribution in [0.5, 0.6) is 0 Å². The number of thioether (sulfide) groups is 1. The fourth-order valence-electron chi connectivity index (χ4n) is 1.60. The van der Waals surface area contributed by atoms with Crippen molar-refractivity contribution < 1.29 is 23.9 Å². The average Bonchev–Trinajstić information content (AvgIpc) is 2.28. The van der Waals surface area contributed by atoms with Gasteiger partial charge in [0.1, 0.15) is 5.82 Å². The lowest BCUT2D eigenvalue weighted by molar-refractivity contribution is -0.124. The molecule has 1 fully saturated rings. The smallest absolute Gasteiger partial charge is 0.338 e. The Morgan fingerprint density at radius 2 is 1.89 bits per heavy atom. The van der Waals surface area contributed by atoms with Gasteiger partial charge >= 0.3 is 5.97 Å². The normalized spacial score (nSPS) is 15.9. The molecule has 0 saturated carbocycles. The Balaban J connectivity index is 2.39. The Hall–Kier alpha value is -1.89. The van der Waals surface area contributed by atoms with Crippen molar-refractivity contribution in [3.63, 3.8) is 0 Å². The van der Waals surface area contributed by atoms with E-state index in [0.29, 0.717) is 0 Å². The number of carbonyl (C=O) groups is 3. The van der Waals surface area contributed by atoms with Gasteiger partial charge in [0.25, 0.3) is 0 Å². The average molecular weight is 269 g/mol. The summed E-state index contributed by atoms with van der Waals surface area (Å²) in [7, 11) is 0. The van der Waals surface area contributed by atoms with Crippen LogP contribution >= 0.6 is 11.8 Å². The van der Waals surface area contributed by atoms with Crippen LogP contribution < -0.4 is 4.90 Å². The summed E-state index contributed by atoms with van der Waals surface area (Å²) in [5.41, 5.74) is -0.433. The molecule has 18 heavy (non-hydrogen) atoms. The van der Waals surface area contributed by atoms with Gasteiger partial charge in [-0.05, 0) is 18.2 Å². The molecule has 94 valence electrons. The summed E-state index contributed by atoms with van der Waals surface area (Å²) in [5.74, 6) is -2.94. The number of halogens is 1. The highest BCUT2D eigenvalue weighted by atomic mass is 32.2. The summed E-state index contributed by atoms with van der Waals surface area (Å²) in [6, 6.07) is 3.17. The van der Waals surface area contributed by atoms with E-state index in [0.717, 1.165) is 17.0 Å². The molecule has 0 aromatic heterocycles. The lowest BCUT2D eigenvalue weighted by atomic mass is 10.2. The predicted molar refractivity (Wildman–Crippen MR) is 63.2 cm³/mol. The first-order valence-corrected chi connectivity index (χ1v) is 6.12. The number of aromatic carboxylic acids is 1. The van der Waals surface area contributed by atoms with Gasteiger partial charge in [-0.3, -0.25) is 9.59 Å². The first-order valence-electron chi connectivity index (χ1n) is 4.97. The number of amides is 2. The van der Waals surface area contributed by atoms with Crippen molar-refractivity contribution in [3.05, 3.63) is 29.6 Å². The molecule has 0 spiro atoms. The third-order valence-electron chi connectivity index (χ3n) is 2.39. The van der Waals surface area contributed by atoms with Crippen molar-refractivity contribution >= 4 is 35.2 Å². The van der Waals surface area contributed by atoms with Gasteiger partial charge in [-0.15, -0.1) is 11.8 Å². The molecule has 1 heterocycles. The molecule has 1 aliphatic rings. The number of nitrogens with zero attached hydrogens (tertiary/aromatic N) is 1. The van der Waals surface area contributed by atoms with Crippen molar-refractivity contribution in [2.75, 3.05) is 16.4 Å². The first-order chi connectivity index (χ1) is 8.50. The SMILES string of the molecule is O=C(O)c1ccc(N2C(=O)CSCC2=O)cc1F. The van der Waals surface area contributed by atoms with E-state index in [1.165, 1.54) is 17.8 Å². The number of carbonyl (C=O) groups excluding carboxylic acids is 2. The molecule has 0 atom stereocenters. The quantitative estimate of drug-likeness (QED) is 0.815. The molecule has 2 rings (SSSR count). The van der Waals surface area contributed by atoms with Gasteiger partial charge in [0.05, 0.1) is 22.8 Å². The Morgan fingerprint density at radius 1 is 1.28 bits per heavy atom. The van der Waals surface area contributed by atoms with Crippen LogP contribution in [0.1, 0.15) is 10.4 Å². The number of carboxylic acids is 1. The van der Waals surface area contributed by atoms with E-state index in [-0.39, 0.29) is 17.2 Å². The second-order valence-electron chi connectivity index (χ2n) is 3.58. The highest BCUT2D eigenvalue weighted by Gasteiger charge is 2.28. The van der Waals surface area contributed by atoms with E-state index < -0.39 is 29.2 Å². The number of hydrogen-bond donors (Lipinski definition) is 1. The van der Waals surface area contributed by atoms with Crippen molar-refractivity contribution in [1.82, 2.24) is 0 Å². The van der Waals surface area contributed by atoms with Crippen LogP contribution in [0.4, 0.5) is 10.1 Å². The highest BCUT2D eigenvalue weighted by Crippen LogP contribution is 2.23. The molecule has 7 heteroatoms. The van der Waals surface area contributed by atoms with Gasteiger partial charge in [0, 0.05) is 0 Å². The summed E-state index contributed by atoms with van der Waals surface area (Å²) in [4.78, 5) is 34.7. The van der Waals surface area contributed by atoms with Crippen LogP contribution in [0, 0.1) is 5.82 Å². The number of anilines is 1. The van der Waals surface area contributed by atoms with Crippen LogP contribution in [0.3, 0.4) is 0 Å². The molecule has 1 aliphatic heterocycles. The third-order valence-corrected chi connectivity index (χ3v) is 3.29. The third kappa shape index (κ3) is 2.21. The van der Waals surface area contributed by atoms with E-state index in [2.05, 4.69) is 0 Å². The van der Waals surface area contributed by atoms with E-state index in [9.17, 15) is 18.8 Å². The van der Waals surface area contributed by atoms with Gasteiger partial charge in [-0.2, -0.15) is 0 Å². The Kier molecular flexibility index (Phi) is 3.33. The van der Waals surface area contributed by atoms with Crippen molar-refractivity contribution in [2.45, 2.75) is 0 Å². The number of benzene rings is 1. The topological polar surface area (TPSA) is 74.7 Å². The first kappa shape index (κ1) is 12.6. The number of imide groups is 1. The summed E-state index contributed by atoms with van der Waals surface area (Å²) in [5, 5.41) is 8.68. The van der Waals surface area contributed by atoms with Gasteiger partial charge in [-0.25, -0.2) is 14.1 Å². The zero-order chi connectivity index (χ0) is 13.3. The van der Waals surface area contributed by atoms with E-state index in [1.54, 1.807) is 0 Å². The molecular formula is C11H8FNO4S. The maximum Gasteiger partial charge on any atom is 0.338 e. The number of carboxylic acid groups (broad SMARTS) is 1. The second kappa shape index (κ2) is 4.77. The van der Waals surface area contributed by atoms with Crippen LogP contribution in [0.25, 0.3) is 0 Å². The van der Waals surface area contributed by atoms with E-state index >= 15 is 0 Å². The molecule has 1 N–H and O–H groups in total. The maximum atomic E-state index is 13.5. The van der Waals surface area contributed by atoms with E-state index in [4.69, 9.17) is 5.11 Å². The van der Waals surface area contributed by atoms with Gasteiger partial charge in [0.2, 0.25) is 11.8 Å². The van der Waals surface area contributed by atoms with Crippen LogP contribution in [0.15, 0.2) is 18.2 Å². The minimum Gasteiger partial charge on any atom is -0.478 e. The molecule has 0 unspecified atom stereocenters. The zero-order valence-electron chi connectivity index (χ0n) is 9.05. The molecule has 2 amide bonds.